The highest BCUT2D eigenvalue weighted by Crippen LogP contribution is 2.47. The Hall–Kier alpha value is -0.220. The molecule has 0 aromatic carbocycles. The molecule has 4 heteroatoms. The molecule has 1 amide bonds. The summed E-state index contributed by atoms with van der Waals surface area (Å²) in [4.78, 5) is 14.4. The maximum Gasteiger partial charge on any atom is 0.230 e. The first-order chi connectivity index (χ1) is 7.10. The number of amides is 1. The van der Waals surface area contributed by atoms with Crippen LogP contribution in [0.3, 0.4) is 0 Å². The number of rotatable bonds is 2. The van der Waals surface area contributed by atoms with Crippen LogP contribution in [0.2, 0.25) is 0 Å². The Morgan fingerprint density at radius 2 is 2.20 bits per heavy atom. The lowest BCUT2D eigenvalue weighted by atomic mass is 10.0. The second-order valence-electron chi connectivity index (χ2n) is 4.80. The first-order valence-electron chi connectivity index (χ1n) is 5.73. The van der Waals surface area contributed by atoms with Gasteiger partial charge in [0.2, 0.25) is 5.91 Å². The minimum atomic E-state index is -0.171. The molecule has 1 aliphatic heterocycles. The average Bonchev–Trinajstić information content (AvgIpc) is 3.02. The molecule has 2 aliphatic rings. The summed E-state index contributed by atoms with van der Waals surface area (Å²) < 4.78 is 0. The van der Waals surface area contributed by atoms with Crippen molar-refractivity contribution in [1.29, 1.82) is 0 Å². The highest BCUT2D eigenvalue weighted by Gasteiger charge is 2.51. The summed E-state index contributed by atoms with van der Waals surface area (Å²) in [6, 6.07) is 0.361. The van der Waals surface area contributed by atoms with E-state index in [0.717, 1.165) is 25.1 Å². The van der Waals surface area contributed by atoms with Crippen LogP contribution in [0.25, 0.3) is 0 Å². The molecule has 1 heterocycles. The number of thioether (sulfide) groups is 1. The van der Waals surface area contributed by atoms with Crippen molar-refractivity contribution < 1.29 is 4.79 Å². The van der Waals surface area contributed by atoms with E-state index in [1.807, 2.05) is 11.8 Å². The van der Waals surface area contributed by atoms with Gasteiger partial charge in [0.25, 0.3) is 0 Å². The molecule has 2 rings (SSSR count). The summed E-state index contributed by atoms with van der Waals surface area (Å²) in [5, 5.41) is 0.552. The number of carbonyl (C=O) groups excluding carboxylic acids is 1. The van der Waals surface area contributed by atoms with Crippen LogP contribution >= 0.6 is 11.8 Å². The topological polar surface area (TPSA) is 46.3 Å². The molecule has 2 unspecified atom stereocenters. The van der Waals surface area contributed by atoms with E-state index in [2.05, 4.69) is 18.7 Å². The van der Waals surface area contributed by atoms with E-state index in [4.69, 9.17) is 5.73 Å². The predicted octanol–water partition coefficient (Wildman–Crippen LogP) is 1.08. The summed E-state index contributed by atoms with van der Waals surface area (Å²) >= 11 is 1.96. The van der Waals surface area contributed by atoms with E-state index in [0.29, 0.717) is 23.7 Å². The van der Waals surface area contributed by atoms with Crippen molar-refractivity contribution in [2.75, 3.05) is 18.8 Å². The molecule has 2 atom stereocenters. The summed E-state index contributed by atoms with van der Waals surface area (Å²) in [6.07, 6.45) is 1.99. The minimum absolute atomic E-state index is 0.171. The van der Waals surface area contributed by atoms with Gasteiger partial charge in [-0.05, 0) is 19.8 Å². The van der Waals surface area contributed by atoms with Crippen molar-refractivity contribution in [2.45, 2.75) is 38.0 Å². The van der Waals surface area contributed by atoms with Crippen LogP contribution in [0.15, 0.2) is 0 Å². The van der Waals surface area contributed by atoms with E-state index in [1.165, 1.54) is 0 Å². The summed E-state index contributed by atoms with van der Waals surface area (Å²) in [5.74, 6) is 1.38. The van der Waals surface area contributed by atoms with Gasteiger partial charge < -0.3 is 10.6 Å². The zero-order valence-corrected chi connectivity index (χ0v) is 10.3. The second kappa shape index (κ2) is 3.98. The van der Waals surface area contributed by atoms with E-state index in [1.54, 1.807) is 0 Å². The second-order valence-corrected chi connectivity index (χ2v) is 6.28. The van der Waals surface area contributed by atoms with E-state index in [-0.39, 0.29) is 5.41 Å². The van der Waals surface area contributed by atoms with Gasteiger partial charge in [-0.3, -0.25) is 4.79 Å². The fourth-order valence-electron chi connectivity index (χ4n) is 2.18. The largest absolute Gasteiger partial charge is 0.338 e. The van der Waals surface area contributed by atoms with Crippen LogP contribution in [-0.4, -0.2) is 40.9 Å². The van der Waals surface area contributed by atoms with Gasteiger partial charge >= 0.3 is 0 Å². The Kier molecular flexibility index (Phi) is 2.99. The molecule has 15 heavy (non-hydrogen) atoms. The highest BCUT2D eigenvalue weighted by atomic mass is 32.2. The maximum atomic E-state index is 12.3. The highest BCUT2D eigenvalue weighted by molar-refractivity contribution is 8.00. The molecular formula is C11H20N2OS. The molecule has 3 nitrogen and oxygen atoms in total. The molecule has 1 saturated carbocycles. The van der Waals surface area contributed by atoms with Crippen molar-refractivity contribution in [1.82, 2.24) is 4.90 Å². The minimum Gasteiger partial charge on any atom is -0.338 e. The predicted molar refractivity (Wildman–Crippen MR) is 63.8 cm³/mol. The Bertz CT molecular complexity index is 265. The van der Waals surface area contributed by atoms with E-state index in [9.17, 15) is 4.79 Å². The first-order valence-corrected chi connectivity index (χ1v) is 6.78. The van der Waals surface area contributed by atoms with Crippen LogP contribution in [0.4, 0.5) is 0 Å². The molecule has 0 spiro atoms. The van der Waals surface area contributed by atoms with Crippen LogP contribution in [0.1, 0.15) is 26.7 Å². The third-order valence-electron chi connectivity index (χ3n) is 3.84. The van der Waals surface area contributed by atoms with Gasteiger partial charge in [0, 0.05) is 30.1 Å². The van der Waals surface area contributed by atoms with Gasteiger partial charge in [-0.25, -0.2) is 0 Å². The fraction of sp³-hybridized carbons (Fsp3) is 0.909. The number of hydrogen-bond acceptors (Lipinski definition) is 3. The Morgan fingerprint density at radius 3 is 2.73 bits per heavy atom. The van der Waals surface area contributed by atoms with Gasteiger partial charge in [0.1, 0.15) is 0 Å². The number of nitrogens with two attached hydrogens (primary N) is 1. The lowest BCUT2D eigenvalue weighted by Gasteiger charge is -2.39. The van der Waals surface area contributed by atoms with Crippen molar-refractivity contribution in [3.05, 3.63) is 0 Å². The summed E-state index contributed by atoms with van der Waals surface area (Å²) in [6.45, 7) is 5.78. The average molecular weight is 228 g/mol. The summed E-state index contributed by atoms with van der Waals surface area (Å²) in [7, 11) is 0. The molecular weight excluding hydrogens is 208 g/mol. The molecule has 0 aromatic heterocycles. The molecule has 1 aliphatic carbocycles. The third-order valence-corrected chi connectivity index (χ3v) is 5.18. The molecule has 86 valence electrons. The van der Waals surface area contributed by atoms with Gasteiger partial charge in [-0.1, -0.05) is 6.92 Å². The van der Waals surface area contributed by atoms with Crippen molar-refractivity contribution in [3.63, 3.8) is 0 Å². The quantitative estimate of drug-likeness (QED) is 0.769. The molecule has 2 fully saturated rings. The molecule has 0 bridgehead atoms. The SMILES string of the molecule is CC1SCCN(C(=O)C2(CN)CC2)C1C. The van der Waals surface area contributed by atoms with Crippen molar-refractivity contribution >= 4 is 17.7 Å². The standard InChI is InChI=1S/C11H20N2OS/c1-8-9(2)15-6-5-13(8)10(14)11(7-12)3-4-11/h8-9H,3-7,12H2,1-2H3. The molecule has 0 radical (unpaired) electrons. The molecule has 2 N–H and O–H groups in total. The number of nitrogens with zero attached hydrogens (tertiary/aromatic N) is 1. The lowest BCUT2D eigenvalue weighted by molar-refractivity contribution is -0.138. The van der Waals surface area contributed by atoms with Crippen molar-refractivity contribution in [3.8, 4) is 0 Å². The van der Waals surface area contributed by atoms with Crippen LogP contribution < -0.4 is 5.73 Å². The number of carbonyl (C=O) groups is 1. The Labute approximate surface area is 95.8 Å². The van der Waals surface area contributed by atoms with Gasteiger partial charge in [0.15, 0.2) is 0 Å². The van der Waals surface area contributed by atoms with E-state index >= 15 is 0 Å². The first kappa shape index (κ1) is 11.3. The normalized spacial score (nSPS) is 33.9. The van der Waals surface area contributed by atoms with Crippen LogP contribution in [-0.2, 0) is 4.79 Å². The zero-order chi connectivity index (χ0) is 11.1. The molecule has 1 saturated heterocycles. The number of hydrogen-bond donors (Lipinski definition) is 1. The lowest BCUT2D eigenvalue weighted by Crippen LogP contribution is -2.51. The van der Waals surface area contributed by atoms with Gasteiger partial charge in [0.05, 0.1) is 5.41 Å². The fourth-order valence-corrected chi connectivity index (χ4v) is 3.28. The monoisotopic (exact) mass is 228 g/mol. The van der Waals surface area contributed by atoms with Gasteiger partial charge in [-0.2, -0.15) is 11.8 Å². The maximum absolute atomic E-state index is 12.3. The Balaban J connectivity index is 2.06. The summed E-state index contributed by atoms with van der Waals surface area (Å²) in [5.41, 5.74) is 5.53. The van der Waals surface area contributed by atoms with E-state index < -0.39 is 0 Å². The molecule has 0 aromatic rings. The van der Waals surface area contributed by atoms with Crippen LogP contribution in [0.5, 0.6) is 0 Å². The van der Waals surface area contributed by atoms with Crippen molar-refractivity contribution in [2.24, 2.45) is 11.1 Å². The third kappa shape index (κ3) is 1.89. The van der Waals surface area contributed by atoms with Crippen LogP contribution in [0, 0.1) is 5.41 Å². The smallest absolute Gasteiger partial charge is 0.230 e. The zero-order valence-electron chi connectivity index (χ0n) is 9.53. The Morgan fingerprint density at radius 1 is 1.53 bits per heavy atom. The van der Waals surface area contributed by atoms with Gasteiger partial charge in [-0.15, -0.1) is 0 Å².